The Bertz CT molecular complexity index is 692. The lowest BCUT2D eigenvalue weighted by Gasteiger charge is -2.08. The molecular formula is C16H14N2O2. The first-order valence-electron chi connectivity index (χ1n) is 6.14. The predicted octanol–water partition coefficient (Wildman–Crippen LogP) is 3.44. The molecule has 2 rings (SSSR count). The van der Waals surface area contributed by atoms with Gasteiger partial charge in [0, 0.05) is 11.8 Å². The molecule has 0 aliphatic rings. The molecule has 100 valence electrons. The highest BCUT2D eigenvalue weighted by molar-refractivity contribution is 6.09. The number of benzene rings is 1. The number of furan rings is 1. The van der Waals surface area contributed by atoms with Crippen LogP contribution in [0.15, 0.2) is 46.6 Å². The van der Waals surface area contributed by atoms with Crippen molar-refractivity contribution >= 4 is 17.7 Å². The van der Waals surface area contributed by atoms with Crippen LogP contribution in [-0.2, 0) is 4.79 Å². The van der Waals surface area contributed by atoms with Crippen LogP contribution in [0.3, 0.4) is 0 Å². The molecule has 2 aromatic rings. The molecule has 0 saturated heterocycles. The van der Waals surface area contributed by atoms with E-state index in [2.05, 4.69) is 5.32 Å². The highest BCUT2D eigenvalue weighted by Crippen LogP contribution is 2.17. The third-order valence-electron chi connectivity index (χ3n) is 2.82. The summed E-state index contributed by atoms with van der Waals surface area (Å²) in [5, 5.41) is 11.8. The summed E-state index contributed by atoms with van der Waals surface area (Å²) >= 11 is 0. The summed E-state index contributed by atoms with van der Waals surface area (Å²) in [4.78, 5) is 12.1. The highest BCUT2D eigenvalue weighted by atomic mass is 16.3. The molecule has 0 fully saturated rings. The van der Waals surface area contributed by atoms with Crippen LogP contribution in [0.5, 0.6) is 0 Å². The lowest BCUT2D eigenvalue weighted by Crippen LogP contribution is -2.14. The number of nitriles is 1. The Balaban J connectivity index is 2.20. The molecule has 20 heavy (non-hydrogen) atoms. The van der Waals surface area contributed by atoms with Gasteiger partial charge in [0.15, 0.2) is 0 Å². The van der Waals surface area contributed by atoms with E-state index in [4.69, 9.17) is 9.68 Å². The number of hydrogen-bond donors (Lipinski definition) is 1. The normalized spacial score (nSPS) is 10.9. The Morgan fingerprint density at radius 1 is 1.35 bits per heavy atom. The third-order valence-corrected chi connectivity index (χ3v) is 2.82. The van der Waals surface area contributed by atoms with E-state index >= 15 is 0 Å². The fraction of sp³-hybridized carbons (Fsp3) is 0.125. The molecule has 0 saturated carbocycles. The van der Waals surface area contributed by atoms with Crippen LogP contribution in [0.1, 0.15) is 16.9 Å². The second kappa shape index (κ2) is 5.89. The SMILES string of the molecule is Cc1ccc(NC(=O)C(C#N)=Cc2ccco2)c(C)c1. The summed E-state index contributed by atoms with van der Waals surface area (Å²) < 4.78 is 5.10. The Morgan fingerprint density at radius 3 is 2.75 bits per heavy atom. The maximum Gasteiger partial charge on any atom is 0.266 e. The number of carbonyl (C=O) groups excluding carboxylic acids is 1. The van der Waals surface area contributed by atoms with Crippen LogP contribution < -0.4 is 5.32 Å². The molecule has 0 aliphatic heterocycles. The summed E-state index contributed by atoms with van der Waals surface area (Å²) in [5.41, 5.74) is 2.77. The topological polar surface area (TPSA) is 66.0 Å². The summed E-state index contributed by atoms with van der Waals surface area (Å²) in [6.07, 6.45) is 2.90. The monoisotopic (exact) mass is 266 g/mol. The minimum atomic E-state index is -0.448. The van der Waals surface area contributed by atoms with Gasteiger partial charge < -0.3 is 9.73 Å². The van der Waals surface area contributed by atoms with Crippen molar-refractivity contribution < 1.29 is 9.21 Å². The Kier molecular flexibility index (Phi) is 4.02. The quantitative estimate of drug-likeness (QED) is 0.683. The van der Waals surface area contributed by atoms with Gasteiger partial charge in [0.1, 0.15) is 17.4 Å². The zero-order chi connectivity index (χ0) is 14.5. The van der Waals surface area contributed by atoms with Gasteiger partial charge in [-0.3, -0.25) is 4.79 Å². The average molecular weight is 266 g/mol. The van der Waals surface area contributed by atoms with Gasteiger partial charge in [-0.1, -0.05) is 17.7 Å². The van der Waals surface area contributed by atoms with Crippen LogP contribution in [0, 0.1) is 25.2 Å². The molecule has 0 spiro atoms. The number of amides is 1. The van der Waals surface area contributed by atoms with Crippen LogP contribution >= 0.6 is 0 Å². The maximum atomic E-state index is 12.1. The Hall–Kier alpha value is -2.80. The number of rotatable bonds is 3. The average Bonchev–Trinajstić information content (AvgIpc) is 2.92. The van der Waals surface area contributed by atoms with Gasteiger partial charge in [-0.2, -0.15) is 5.26 Å². The van der Waals surface area contributed by atoms with Crippen molar-refractivity contribution in [1.29, 1.82) is 5.26 Å². The molecular weight excluding hydrogens is 252 g/mol. The molecule has 0 aliphatic carbocycles. The van der Waals surface area contributed by atoms with Gasteiger partial charge in [0.2, 0.25) is 0 Å². The van der Waals surface area contributed by atoms with Gasteiger partial charge in [-0.05, 0) is 37.6 Å². The van der Waals surface area contributed by atoms with Crippen molar-refractivity contribution in [2.24, 2.45) is 0 Å². The zero-order valence-electron chi connectivity index (χ0n) is 11.3. The fourth-order valence-corrected chi connectivity index (χ4v) is 1.81. The number of hydrogen-bond acceptors (Lipinski definition) is 3. The molecule has 0 atom stereocenters. The molecule has 0 radical (unpaired) electrons. The molecule has 1 heterocycles. The Morgan fingerprint density at radius 2 is 2.15 bits per heavy atom. The smallest absolute Gasteiger partial charge is 0.266 e. The van der Waals surface area contributed by atoms with E-state index in [-0.39, 0.29) is 5.57 Å². The first-order chi connectivity index (χ1) is 9.60. The molecule has 1 aromatic carbocycles. The van der Waals surface area contributed by atoms with E-state index in [0.717, 1.165) is 11.1 Å². The highest BCUT2D eigenvalue weighted by Gasteiger charge is 2.11. The van der Waals surface area contributed by atoms with Crippen molar-refractivity contribution in [3.05, 3.63) is 59.1 Å². The number of carbonyl (C=O) groups is 1. The molecule has 0 bridgehead atoms. The van der Waals surface area contributed by atoms with Crippen molar-refractivity contribution in [3.8, 4) is 6.07 Å². The lowest BCUT2D eigenvalue weighted by molar-refractivity contribution is -0.112. The molecule has 1 aromatic heterocycles. The van der Waals surface area contributed by atoms with E-state index in [1.807, 2.05) is 38.1 Å². The maximum absolute atomic E-state index is 12.1. The molecule has 1 amide bonds. The minimum absolute atomic E-state index is 0.0000694. The second-order valence-electron chi connectivity index (χ2n) is 4.46. The Labute approximate surface area is 117 Å². The van der Waals surface area contributed by atoms with E-state index in [0.29, 0.717) is 11.4 Å². The van der Waals surface area contributed by atoms with E-state index in [1.165, 1.54) is 12.3 Å². The van der Waals surface area contributed by atoms with E-state index in [9.17, 15) is 4.79 Å². The number of nitrogens with zero attached hydrogens (tertiary/aromatic N) is 1. The van der Waals surface area contributed by atoms with Crippen molar-refractivity contribution in [1.82, 2.24) is 0 Å². The van der Waals surface area contributed by atoms with Crippen molar-refractivity contribution in [2.45, 2.75) is 13.8 Å². The van der Waals surface area contributed by atoms with E-state index < -0.39 is 5.91 Å². The number of aryl methyl sites for hydroxylation is 2. The zero-order valence-corrected chi connectivity index (χ0v) is 11.3. The first kappa shape index (κ1) is 13.6. The number of anilines is 1. The van der Waals surface area contributed by atoms with Crippen LogP contribution in [-0.4, -0.2) is 5.91 Å². The lowest BCUT2D eigenvalue weighted by atomic mass is 10.1. The summed E-state index contributed by atoms with van der Waals surface area (Å²) in [6, 6.07) is 11.0. The minimum Gasteiger partial charge on any atom is -0.465 e. The molecule has 0 unspecified atom stereocenters. The number of nitrogens with one attached hydrogen (secondary N) is 1. The summed E-state index contributed by atoms with van der Waals surface area (Å²) in [5.74, 6) is 0.0215. The predicted molar refractivity (Wildman–Crippen MR) is 76.8 cm³/mol. The van der Waals surface area contributed by atoms with Gasteiger partial charge in [0.05, 0.1) is 6.26 Å². The standard InChI is InChI=1S/C16H14N2O2/c1-11-5-6-15(12(2)8-11)18-16(19)13(10-17)9-14-4-3-7-20-14/h3-9H,1-2H3,(H,18,19). The molecule has 4 nitrogen and oxygen atoms in total. The van der Waals surface area contributed by atoms with Crippen molar-refractivity contribution in [2.75, 3.05) is 5.32 Å². The van der Waals surface area contributed by atoms with Crippen LogP contribution in [0.4, 0.5) is 5.69 Å². The summed E-state index contributed by atoms with van der Waals surface area (Å²) in [7, 11) is 0. The summed E-state index contributed by atoms with van der Waals surface area (Å²) in [6.45, 7) is 3.89. The molecule has 4 heteroatoms. The largest absolute Gasteiger partial charge is 0.465 e. The van der Waals surface area contributed by atoms with Gasteiger partial charge in [0.25, 0.3) is 5.91 Å². The van der Waals surface area contributed by atoms with Gasteiger partial charge in [-0.15, -0.1) is 0 Å². The van der Waals surface area contributed by atoms with Crippen LogP contribution in [0.25, 0.3) is 6.08 Å². The fourth-order valence-electron chi connectivity index (χ4n) is 1.81. The second-order valence-corrected chi connectivity index (χ2v) is 4.46. The van der Waals surface area contributed by atoms with Crippen LogP contribution in [0.2, 0.25) is 0 Å². The van der Waals surface area contributed by atoms with Gasteiger partial charge in [-0.25, -0.2) is 0 Å². The van der Waals surface area contributed by atoms with E-state index in [1.54, 1.807) is 12.1 Å². The first-order valence-corrected chi connectivity index (χ1v) is 6.14. The third kappa shape index (κ3) is 3.15. The molecule has 1 N–H and O–H groups in total. The van der Waals surface area contributed by atoms with Crippen molar-refractivity contribution in [3.63, 3.8) is 0 Å². The van der Waals surface area contributed by atoms with Gasteiger partial charge >= 0.3 is 0 Å².